The minimum atomic E-state index is -0.459. The number of hydrogen-bond acceptors (Lipinski definition) is 6. The summed E-state index contributed by atoms with van der Waals surface area (Å²) in [6, 6.07) is 6.97. The predicted molar refractivity (Wildman–Crippen MR) is 73.3 cm³/mol. The highest BCUT2D eigenvalue weighted by Gasteiger charge is 2.16. The van der Waals surface area contributed by atoms with E-state index in [2.05, 4.69) is 15.1 Å². The van der Waals surface area contributed by atoms with Gasteiger partial charge in [-0.05, 0) is 17.1 Å². The van der Waals surface area contributed by atoms with Crippen molar-refractivity contribution in [1.29, 1.82) is 0 Å². The van der Waals surface area contributed by atoms with Crippen molar-refractivity contribution in [2.24, 2.45) is 0 Å². The van der Waals surface area contributed by atoms with Gasteiger partial charge in [-0.25, -0.2) is 4.98 Å². The zero-order chi connectivity index (χ0) is 13.9. The molecule has 0 unspecified atom stereocenters. The summed E-state index contributed by atoms with van der Waals surface area (Å²) in [6.07, 6.45) is 3.11. The highest BCUT2D eigenvalue weighted by Crippen LogP contribution is 2.22. The van der Waals surface area contributed by atoms with E-state index in [1.807, 2.05) is 23.6 Å². The summed E-state index contributed by atoms with van der Waals surface area (Å²) in [5.74, 6) is -0.0441. The fraction of sp³-hybridized carbons (Fsp3) is 0.0833. The molecule has 0 bridgehead atoms. The Morgan fingerprint density at radius 3 is 2.95 bits per heavy atom. The first-order valence-corrected chi connectivity index (χ1v) is 6.64. The molecule has 0 saturated carbocycles. The second-order valence-electron chi connectivity index (χ2n) is 3.96. The lowest BCUT2D eigenvalue weighted by Crippen LogP contribution is -2.06. The lowest BCUT2D eigenvalue weighted by molar-refractivity contribution is -0.392. The van der Waals surface area contributed by atoms with Gasteiger partial charge < -0.3 is 10.1 Å². The van der Waals surface area contributed by atoms with E-state index in [4.69, 9.17) is 0 Å². The van der Waals surface area contributed by atoms with Gasteiger partial charge in [-0.15, -0.1) is 16.0 Å². The minimum Gasteiger partial charge on any atom is -0.358 e. The summed E-state index contributed by atoms with van der Waals surface area (Å²) in [6.45, 7) is 0.270. The first-order valence-electron chi connectivity index (χ1n) is 5.76. The summed E-state index contributed by atoms with van der Waals surface area (Å²) in [5, 5.41) is 17.4. The van der Waals surface area contributed by atoms with Crippen molar-refractivity contribution in [2.45, 2.75) is 6.54 Å². The van der Waals surface area contributed by atoms with Crippen LogP contribution in [0.1, 0.15) is 5.69 Å². The van der Waals surface area contributed by atoms with Gasteiger partial charge in [-0.1, -0.05) is 11.2 Å². The number of hydrogen-bond donors (Lipinski definition) is 0. The van der Waals surface area contributed by atoms with Gasteiger partial charge in [0.25, 0.3) is 0 Å². The molecule has 0 radical (unpaired) electrons. The largest absolute Gasteiger partial charge is 0.358 e. The Kier molecular flexibility index (Phi) is 3.21. The molecule has 3 heterocycles. The Morgan fingerprint density at radius 2 is 2.20 bits per heavy atom. The van der Waals surface area contributed by atoms with Crippen LogP contribution in [0.25, 0.3) is 10.7 Å². The Bertz CT molecular complexity index is 737. The van der Waals surface area contributed by atoms with E-state index < -0.39 is 4.92 Å². The van der Waals surface area contributed by atoms with Gasteiger partial charge in [0.15, 0.2) is 6.54 Å². The standard InChI is InChI=1S/C12H9N5O2S/c18-17(19)11-4-6-14-16(11)7-9-8-20-12(15-9)10-3-1-2-5-13-10/h1-6,8H,7H2. The van der Waals surface area contributed by atoms with Gasteiger partial charge in [-0.3, -0.25) is 4.98 Å². The van der Waals surface area contributed by atoms with E-state index in [1.165, 1.54) is 28.3 Å². The number of nitrogens with zero attached hydrogens (tertiary/aromatic N) is 5. The van der Waals surface area contributed by atoms with Gasteiger partial charge in [0.2, 0.25) is 0 Å². The highest BCUT2D eigenvalue weighted by molar-refractivity contribution is 7.13. The molecule has 0 aliphatic rings. The van der Waals surface area contributed by atoms with Crippen molar-refractivity contribution in [3.05, 3.63) is 57.8 Å². The van der Waals surface area contributed by atoms with Gasteiger partial charge >= 0.3 is 5.82 Å². The summed E-state index contributed by atoms with van der Waals surface area (Å²) < 4.78 is 1.32. The molecule has 0 fully saturated rings. The first kappa shape index (κ1) is 12.4. The third-order valence-corrected chi connectivity index (χ3v) is 3.54. The third kappa shape index (κ3) is 2.41. The molecule has 20 heavy (non-hydrogen) atoms. The average Bonchev–Trinajstić information content (AvgIpc) is 3.09. The number of pyridine rings is 1. The van der Waals surface area contributed by atoms with E-state index >= 15 is 0 Å². The van der Waals surface area contributed by atoms with E-state index in [-0.39, 0.29) is 12.4 Å². The van der Waals surface area contributed by atoms with Crippen LogP contribution < -0.4 is 0 Å². The van der Waals surface area contributed by atoms with Crippen LogP contribution >= 0.6 is 11.3 Å². The average molecular weight is 287 g/mol. The molecule has 8 heteroatoms. The first-order chi connectivity index (χ1) is 9.74. The zero-order valence-corrected chi connectivity index (χ0v) is 11.0. The van der Waals surface area contributed by atoms with Gasteiger partial charge in [0.1, 0.15) is 5.01 Å². The van der Waals surface area contributed by atoms with Crippen LogP contribution in [0, 0.1) is 10.1 Å². The van der Waals surface area contributed by atoms with Crippen LogP contribution in [0.4, 0.5) is 5.82 Å². The molecule has 0 atom stereocenters. The lowest BCUT2D eigenvalue weighted by atomic mass is 10.4. The van der Waals surface area contributed by atoms with Crippen LogP contribution in [0.3, 0.4) is 0 Å². The van der Waals surface area contributed by atoms with Crippen molar-refractivity contribution in [1.82, 2.24) is 19.7 Å². The molecule has 3 aromatic heterocycles. The molecule has 0 amide bonds. The Morgan fingerprint density at radius 1 is 1.30 bits per heavy atom. The van der Waals surface area contributed by atoms with Crippen molar-refractivity contribution in [3.8, 4) is 10.7 Å². The topological polar surface area (TPSA) is 86.7 Å². The number of thiazole rings is 1. The molecule has 3 aromatic rings. The summed E-state index contributed by atoms with van der Waals surface area (Å²) in [4.78, 5) is 19.0. The van der Waals surface area contributed by atoms with E-state index in [0.717, 1.165) is 16.4 Å². The zero-order valence-electron chi connectivity index (χ0n) is 10.2. The smallest absolute Gasteiger partial charge is 0.345 e. The minimum absolute atomic E-state index is 0.0441. The SMILES string of the molecule is O=[N+]([O-])c1ccnn1Cc1csc(-c2ccccn2)n1. The quantitative estimate of drug-likeness (QED) is 0.543. The maximum absolute atomic E-state index is 10.8. The molecular weight excluding hydrogens is 278 g/mol. The van der Waals surface area contributed by atoms with Gasteiger partial charge in [0, 0.05) is 11.6 Å². The van der Waals surface area contributed by atoms with E-state index in [9.17, 15) is 10.1 Å². The summed E-state index contributed by atoms with van der Waals surface area (Å²) >= 11 is 1.45. The number of rotatable bonds is 4. The maximum Gasteiger partial charge on any atom is 0.345 e. The van der Waals surface area contributed by atoms with Crippen LogP contribution in [-0.2, 0) is 6.54 Å². The number of aromatic nitrogens is 4. The highest BCUT2D eigenvalue weighted by atomic mass is 32.1. The Labute approximate surface area is 117 Å². The third-order valence-electron chi connectivity index (χ3n) is 2.63. The fourth-order valence-corrected chi connectivity index (χ4v) is 2.53. The molecule has 3 rings (SSSR count). The normalized spacial score (nSPS) is 10.6. The van der Waals surface area contributed by atoms with Crippen LogP contribution in [-0.4, -0.2) is 24.7 Å². The molecule has 100 valence electrons. The summed E-state index contributed by atoms with van der Waals surface area (Å²) in [7, 11) is 0. The van der Waals surface area contributed by atoms with Crippen LogP contribution in [0.2, 0.25) is 0 Å². The molecular formula is C12H9N5O2S. The van der Waals surface area contributed by atoms with Crippen molar-refractivity contribution in [2.75, 3.05) is 0 Å². The van der Waals surface area contributed by atoms with Crippen molar-refractivity contribution < 1.29 is 4.92 Å². The van der Waals surface area contributed by atoms with Crippen LogP contribution in [0.5, 0.6) is 0 Å². The Balaban J connectivity index is 1.84. The molecule has 0 aliphatic heterocycles. The molecule has 0 spiro atoms. The lowest BCUT2D eigenvalue weighted by Gasteiger charge is -1.96. The number of nitro groups is 1. The molecule has 0 saturated heterocycles. The molecule has 0 N–H and O–H groups in total. The molecule has 7 nitrogen and oxygen atoms in total. The van der Waals surface area contributed by atoms with E-state index in [0.29, 0.717) is 0 Å². The van der Waals surface area contributed by atoms with Crippen molar-refractivity contribution in [3.63, 3.8) is 0 Å². The maximum atomic E-state index is 10.8. The van der Waals surface area contributed by atoms with Crippen LogP contribution in [0.15, 0.2) is 42.0 Å². The van der Waals surface area contributed by atoms with Gasteiger partial charge in [0.05, 0.1) is 23.7 Å². The van der Waals surface area contributed by atoms with Gasteiger partial charge in [-0.2, -0.15) is 0 Å². The predicted octanol–water partition coefficient (Wildman–Crippen LogP) is 2.36. The van der Waals surface area contributed by atoms with Crippen molar-refractivity contribution >= 4 is 17.2 Å². The fourth-order valence-electron chi connectivity index (χ4n) is 1.74. The second-order valence-corrected chi connectivity index (χ2v) is 4.82. The second kappa shape index (κ2) is 5.17. The summed E-state index contributed by atoms with van der Waals surface area (Å²) in [5.41, 5.74) is 1.51. The Hall–Kier alpha value is -2.61. The molecule has 0 aromatic carbocycles. The van der Waals surface area contributed by atoms with E-state index in [1.54, 1.807) is 6.20 Å². The monoisotopic (exact) mass is 287 g/mol. The molecule has 0 aliphatic carbocycles.